The Morgan fingerprint density at radius 1 is 1.16 bits per heavy atom. The highest BCUT2D eigenvalue weighted by molar-refractivity contribution is 5.82. The van der Waals surface area contributed by atoms with Gasteiger partial charge in [0.2, 0.25) is 0 Å². The van der Waals surface area contributed by atoms with E-state index in [0.29, 0.717) is 12.8 Å². The molecule has 38 heavy (non-hydrogen) atoms. The predicted octanol–water partition coefficient (Wildman–Crippen LogP) is 2.33. The number of hydrogen-bond acceptors (Lipinski definition) is 11. The van der Waals surface area contributed by atoms with Crippen molar-refractivity contribution in [2.45, 2.75) is 136 Å². The topological polar surface area (TPSA) is 162 Å². The van der Waals surface area contributed by atoms with Gasteiger partial charge in [-0.2, -0.15) is 5.53 Å². The second kappa shape index (κ2) is 16.8. The molecule has 0 spiro atoms. The molecule has 0 aromatic rings. The van der Waals surface area contributed by atoms with E-state index in [4.69, 9.17) is 24.8 Å². The lowest BCUT2D eigenvalue weighted by Crippen LogP contribution is -2.56. The number of aliphatic hydroxyl groups excluding tert-OH is 2. The van der Waals surface area contributed by atoms with Crippen LogP contribution in [-0.2, 0) is 28.5 Å². The monoisotopic (exact) mass is 547 g/mol. The molecule has 0 saturated carbocycles. The van der Waals surface area contributed by atoms with Crippen LogP contribution in [0, 0.1) is 17.8 Å². The fourth-order valence-electron chi connectivity index (χ4n) is 5.34. The van der Waals surface area contributed by atoms with Crippen LogP contribution in [-0.4, -0.2) is 71.6 Å². The van der Waals surface area contributed by atoms with Gasteiger partial charge in [-0.15, -0.1) is 0 Å². The third kappa shape index (κ3) is 10.8. The fraction of sp³-hybridized carbons (Fsp3) is 0.926. The lowest BCUT2D eigenvalue weighted by atomic mass is 9.77. The normalized spacial score (nSPS) is 26.4. The minimum atomic E-state index is -1.23. The fourth-order valence-corrected chi connectivity index (χ4v) is 5.34. The van der Waals surface area contributed by atoms with E-state index in [1.54, 1.807) is 21.0 Å². The number of hydrogen-bond donors (Lipinski definition) is 5. The van der Waals surface area contributed by atoms with Crippen LogP contribution in [0.15, 0.2) is 0 Å². The van der Waals surface area contributed by atoms with Gasteiger partial charge in [0.1, 0.15) is 5.78 Å². The zero-order valence-corrected chi connectivity index (χ0v) is 24.6. The Bertz CT molecular complexity index is 714. The summed E-state index contributed by atoms with van der Waals surface area (Å²) in [6.07, 6.45) is -0.674. The van der Waals surface area contributed by atoms with Crippen LogP contribution in [0.4, 0.5) is 0 Å². The zero-order valence-electron chi connectivity index (χ0n) is 24.6. The van der Waals surface area contributed by atoms with Crippen LogP contribution in [0.2, 0.25) is 0 Å². The predicted molar refractivity (Wildman–Crippen MR) is 143 cm³/mol. The summed E-state index contributed by atoms with van der Waals surface area (Å²) < 4.78 is 23.6. The first-order valence-electron chi connectivity index (χ1n) is 14.0. The highest BCUT2D eigenvalue weighted by atomic mass is 16.7. The quantitative estimate of drug-likeness (QED) is 0.0741. The van der Waals surface area contributed by atoms with Gasteiger partial charge in [-0.1, -0.05) is 41.0 Å². The van der Waals surface area contributed by atoms with Crippen LogP contribution in [0.1, 0.15) is 93.4 Å². The number of nitrogens with two attached hydrogens (primary N) is 1. The van der Waals surface area contributed by atoms with E-state index >= 15 is 0 Å². The van der Waals surface area contributed by atoms with E-state index in [1.165, 1.54) is 0 Å². The van der Waals surface area contributed by atoms with Crippen LogP contribution in [0.5, 0.6) is 0 Å². The molecule has 1 fully saturated rings. The standard InChI is InChI=1S/C27H53N3O8/c1-9-11-16(3)25(34)17(4)15-27(7,35-8)26(19(6)21(31)14-23(33)37-22(32)10-2)38-24-13-20(29-30-28)12-18(5)36-24/h16-22,24,26,29-32H,9-15,28H2,1-8H3/t16-,17-,18?,19?,20?,21?,22?,24?,26-,27+/m1/s1. The Morgan fingerprint density at radius 2 is 1.82 bits per heavy atom. The number of methoxy groups -OCH3 is 1. The molecule has 0 aliphatic carbocycles. The van der Waals surface area contributed by atoms with Gasteiger partial charge < -0.3 is 29.2 Å². The van der Waals surface area contributed by atoms with Crippen molar-refractivity contribution < 1.29 is 38.7 Å². The van der Waals surface area contributed by atoms with E-state index in [-0.39, 0.29) is 42.6 Å². The largest absolute Gasteiger partial charge is 0.436 e. The minimum absolute atomic E-state index is 0.00988. The van der Waals surface area contributed by atoms with Gasteiger partial charge in [-0.3, -0.25) is 15.4 Å². The molecule has 1 saturated heterocycles. The molecule has 0 aromatic heterocycles. The van der Waals surface area contributed by atoms with Crippen molar-refractivity contribution in [1.29, 1.82) is 0 Å². The summed E-state index contributed by atoms with van der Waals surface area (Å²) in [6, 6.07) is -0.00988. The highest BCUT2D eigenvalue weighted by Gasteiger charge is 2.46. The van der Waals surface area contributed by atoms with Gasteiger partial charge in [0.15, 0.2) is 12.6 Å². The molecule has 1 heterocycles. The molecule has 1 rings (SSSR count). The molecule has 0 amide bonds. The summed E-state index contributed by atoms with van der Waals surface area (Å²) >= 11 is 0. The zero-order chi connectivity index (χ0) is 29.0. The number of rotatable bonds is 18. The Hall–Kier alpha value is -1.18. The summed E-state index contributed by atoms with van der Waals surface area (Å²) in [4.78, 5) is 25.4. The van der Waals surface area contributed by atoms with Crippen LogP contribution in [0.25, 0.3) is 0 Å². The molecule has 11 nitrogen and oxygen atoms in total. The number of hydrazine groups is 2. The maximum Gasteiger partial charge on any atom is 0.310 e. The van der Waals surface area contributed by atoms with E-state index in [9.17, 15) is 19.8 Å². The Morgan fingerprint density at radius 3 is 2.37 bits per heavy atom. The third-order valence-electron chi connectivity index (χ3n) is 7.61. The van der Waals surface area contributed by atoms with Gasteiger partial charge in [0, 0.05) is 43.7 Å². The maximum atomic E-state index is 13.1. The van der Waals surface area contributed by atoms with Crippen molar-refractivity contribution in [2.75, 3.05) is 7.11 Å². The van der Waals surface area contributed by atoms with Crippen LogP contribution in [0.3, 0.4) is 0 Å². The lowest BCUT2D eigenvalue weighted by Gasteiger charge is -2.45. The van der Waals surface area contributed by atoms with Crippen molar-refractivity contribution in [3.8, 4) is 0 Å². The van der Waals surface area contributed by atoms with Crippen molar-refractivity contribution in [2.24, 2.45) is 23.6 Å². The first-order chi connectivity index (χ1) is 17.8. The molecule has 224 valence electrons. The number of esters is 1. The number of ether oxygens (including phenoxy) is 4. The van der Waals surface area contributed by atoms with Crippen LogP contribution >= 0.6 is 0 Å². The molecule has 0 radical (unpaired) electrons. The molecule has 11 heteroatoms. The van der Waals surface area contributed by atoms with Crippen molar-refractivity contribution >= 4 is 11.8 Å². The summed E-state index contributed by atoms with van der Waals surface area (Å²) in [5, 5.41) is 20.7. The van der Waals surface area contributed by atoms with Gasteiger partial charge in [-0.05, 0) is 33.1 Å². The lowest BCUT2D eigenvalue weighted by molar-refractivity contribution is -0.266. The second-order valence-corrected chi connectivity index (χ2v) is 11.1. The van der Waals surface area contributed by atoms with Gasteiger partial charge in [0.25, 0.3) is 0 Å². The van der Waals surface area contributed by atoms with Crippen molar-refractivity contribution in [3.05, 3.63) is 0 Å². The Kier molecular flexibility index (Phi) is 15.4. The Labute approximate surface area is 228 Å². The number of carbonyl (C=O) groups excluding carboxylic acids is 2. The Balaban J connectivity index is 3.22. The molecule has 1 aliphatic rings. The first-order valence-corrected chi connectivity index (χ1v) is 14.0. The number of carbonyl (C=O) groups is 2. The van der Waals surface area contributed by atoms with Crippen LogP contribution < -0.4 is 16.8 Å². The van der Waals surface area contributed by atoms with Crippen molar-refractivity contribution in [1.82, 2.24) is 11.0 Å². The first kappa shape index (κ1) is 34.8. The number of aliphatic hydroxyl groups is 2. The average Bonchev–Trinajstić information content (AvgIpc) is 2.85. The SMILES string of the molecule is CCC[C@@H](C)C(=O)[C@H](C)C[C@](C)(OC)[C@H](OC1CC(NNN)CC(C)O1)C(C)C(O)CC(=O)OC(O)CC. The average molecular weight is 548 g/mol. The molecular formula is C27H53N3O8. The number of nitrogens with one attached hydrogen (secondary N) is 2. The molecule has 6 unspecified atom stereocenters. The molecule has 0 aromatic carbocycles. The summed E-state index contributed by atoms with van der Waals surface area (Å²) in [5.74, 6) is 3.90. The maximum absolute atomic E-state index is 13.1. The molecule has 1 aliphatic heterocycles. The smallest absolute Gasteiger partial charge is 0.310 e. The second-order valence-electron chi connectivity index (χ2n) is 11.1. The van der Waals surface area contributed by atoms with Gasteiger partial charge in [-0.25, -0.2) is 5.43 Å². The van der Waals surface area contributed by atoms with Gasteiger partial charge >= 0.3 is 5.97 Å². The molecule has 6 N–H and O–H groups in total. The summed E-state index contributed by atoms with van der Waals surface area (Å²) in [5.41, 5.74) is 4.49. The van der Waals surface area contributed by atoms with Gasteiger partial charge in [0.05, 0.1) is 30.3 Å². The van der Waals surface area contributed by atoms with E-state index < -0.39 is 42.3 Å². The van der Waals surface area contributed by atoms with E-state index in [2.05, 4.69) is 17.9 Å². The molecule has 0 bridgehead atoms. The molecular weight excluding hydrogens is 494 g/mol. The minimum Gasteiger partial charge on any atom is -0.436 e. The van der Waals surface area contributed by atoms with Crippen molar-refractivity contribution in [3.63, 3.8) is 0 Å². The molecule has 10 atom stereocenters. The van der Waals surface area contributed by atoms with E-state index in [1.807, 2.05) is 27.7 Å². The summed E-state index contributed by atoms with van der Waals surface area (Å²) in [6.45, 7) is 13.1. The third-order valence-corrected chi connectivity index (χ3v) is 7.61. The number of Topliss-reactive ketones (excluding diaryl/α,β-unsaturated/α-hetero) is 1. The van der Waals surface area contributed by atoms with E-state index in [0.717, 1.165) is 19.3 Å². The highest BCUT2D eigenvalue weighted by Crippen LogP contribution is 2.36. The summed E-state index contributed by atoms with van der Waals surface area (Å²) in [7, 11) is 1.56. The number of ketones is 1.